The summed E-state index contributed by atoms with van der Waals surface area (Å²) in [6.45, 7) is 8.41. The van der Waals surface area contributed by atoms with Gasteiger partial charge in [-0.1, -0.05) is 6.07 Å². The molecule has 1 fully saturated rings. The molecular weight excluding hydrogens is 451 g/mol. The van der Waals surface area contributed by atoms with Crippen molar-refractivity contribution in [1.82, 2.24) is 9.78 Å². The number of rotatable bonds is 8. The van der Waals surface area contributed by atoms with Gasteiger partial charge in [-0.15, -0.1) is 5.10 Å². The number of aliphatic hydroxyl groups is 5. The summed E-state index contributed by atoms with van der Waals surface area (Å²) >= 11 is 0. The Morgan fingerprint density at radius 2 is 1.85 bits per heavy atom. The van der Waals surface area contributed by atoms with Crippen molar-refractivity contribution in [3.8, 4) is 11.6 Å². The van der Waals surface area contributed by atoms with Crippen LogP contribution in [0.1, 0.15) is 50.6 Å². The molecule has 1 saturated heterocycles. The molecule has 0 spiro atoms. The summed E-state index contributed by atoms with van der Waals surface area (Å²) in [5.41, 5.74) is 1.35. The van der Waals surface area contributed by atoms with Crippen molar-refractivity contribution in [2.24, 2.45) is 0 Å². The molecule has 190 valence electrons. The number of benzene rings is 1. The Morgan fingerprint density at radius 3 is 2.41 bits per heavy atom. The molecule has 0 saturated carbocycles. The fraction of sp³-hybridized carbons (Fsp3) is 0.609. The number of ether oxygens (including phenoxy) is 3. The maximum atomic E-state index is 14.9. The van der Waals surface area contributed by atoms with Crippen molar-refractivity contribution >= 4 is 0 Å². The van der Waals surface area contributed by atoms with Crippen LogP contribution in [0.4, 0.5) is 4.39 Å². The first kappa shape index (κ1) is 26.3. The lowest BCUT2D eigenvalue weighted by molar-refractivity contribution is -0.423. The molecule has 34 heavy (non-hydrogen) atoms. The molecule has 1 aliphatic rings. The van der Waals surface area contributed by atoms with E-state index in [1.165, 1.54) is 6.07 Å². The molecule has 11 heteroatoms. The van der Waals surface area contributed by atoms with E-state index in [-0.39, 0.29) is 24.4 Å². The zero-order valence-electron chi connectivity index (χ0n) is 19.8. The predicted octanol–water partition coefficient (Wildman–Crippen LogP) is 0.788. The van der Waals surface area contributed by atoms with Crippen LogP contribution >= 0.6 is 0 Å². The van der Waals surface area contributed by atoms with Crippen LogP contribution in [0.3, 0.4) is 0 Å². The second kappa shape index (κ2) is 10.1. The van der Waals surface area contributed by atoms with E-state index in [0.717, 1.165) is 0 Å². The maximum absolute atomic E-state index is 14.9. The summed E-state index contributed by atoms with van der Waals surface area (Å²) in [5, 5.41) is 55.1. The van der Waals surface area contributed by atoms with Crippen LogP contribution in [0.2, 0.25) is 0 Å². The molecule has 2 aromatic rings. The summed E-state index contributed by atoms with van der Waals surface area (Å²) in [6, 6.07) is 4.38. The second-order valence-electron chi connectivity index (χ2n) is 9.00. The van der Waals surface area contributed by atoms with E-state index < -0.39 is 42.8 Å². The molecule has 1 aliphatic heterocycles. The highest BCUT2D eigenvalue weighted by Crippen LogP contribution is 2.35. The van der Waals surface area contributed by atoms with E-state index in [1.807, 2.05) is 27.7 Å². The summed E-state index contributed by atoms with van der Waals surface area (Å²) < 4.78 is 32.7. The highest BCUT2D eigenvalue weighted by Gasteiger charge is 2.55. The first-order chi connectivity index (χ1) is 15.9. The van der Waals surface area contributed by atoms with Crippen LogP contribution in [0.15, 0.2) is 18.2 Å². The van der Waals surface area contributed by atoms with Crippen molar-refractivity contribution in [2.75, 3.05) is 6.61 Å². The quantitative estimate of drug-likeness (QED) is 0.343. The predicted molar refractivity (Wildman–Crippen MR) is 118 cm³/mol. The Labute approximate surface area is 197 Å². The minimum atomic E-state index is -2.82. The van der Waals surface area contributed by atoms with Gasteiger partial charge in [0.2, 0.25) is 5.88 Å². The smallest absolute Gasteiger partial charge is 0.356 e. The van der Waals surface area contributed by atoms with Crippen molar-refractivity contribution in [1.29, 1.82) is 0 Å². The number of aliphatic hydroxyl groups excluding tert-OH is 4. The third kappa shape index (κ3) is 5.19. The second-order valence-corrected chi connectivity index (χ2v) is 9.00. The summed E-state index contributed by atoms with van der Waals surface area (Å²) in [5.74, 6) is -3.10. The maximum Gasteiger partial charge on any atom is 0.356 e. The lowest BCUT2D eigenvalue weighted by atomic mass is 9.98. The minimum Gasteiger partial charge on any atom is -0.491 e. The average Bonchev–Trinajstić information content (AvgIpc) is 3.06. The van der Waals surface area contributed by atoms with Gasteiger partial charge in [-0.2, -0.15) is 0 Å². The summed E-state index contributed by atoms with van der Waals surface area (Å²) in [6.07, 6.45) is -7.10. The molecular formula is C23H33FN2O8. The molecule has 3 rings (SSSR count). The fourth-order valence-electron chi connectivity index (χ4n) is 3.87. The Morgan fingerprint density at radius 1 is 1.18 bits per heavy atom. The van der Waals surface area contributed by atoms with Crippen molar-refractivity contribution < 1.29 is 44.1 Å². The lowest BCUT2D eigenvalue weighted by Crippen LogP contribution is -2.67. The van der Waals surface area contributed by atoms with Crippen LogP contribution in [0.5, 0.6) is 11.6 Å². The van der Waals surface area contributed by atoms with Crippen LogP contribution in [0, 0.1) is 12.7 Å². The van der Waals surface area contributed by atoms with Gasteiger partial charge in [0.15, 0.2) is 6.10 Å². The molecule has 0 amide bonds. The number of aromatic nitrogens is 2. The number of nitrogens with zero attached hydrogens (tertiary/aromatic N) is 2. The summed E-state index contributed by atoms with van der Waals surface area (Å²) in [7, 11) is 0. The zero-order valence-corrected chi connectivity index (χ0v) is 19.8. The van der Waals surface area contributed by atoms with Gasteiger partial charge in [0, 0.05) is 29.8 Å². The van der Waals surface area contributed by atoms with Crippen LogP contribution in [-0.4, -0.2) is 78.4 Å². The number of hydrogen-bond acceptors (Lipinski definition) is 9. The highest BCUT2D eigenvalue weighted by atomic mass is 19.1. The standard InChI is InChI=1S/C23H33FN2O8/c1-11(2)26-13(5)16(8-14-6-7-15(9-17(14)24)32-12(3)4)22(25-26)34-23(31)21(30)20(29)19(28)18(10-27)33-23/h6-7,9,11-12,18-21,27-31H,8,10H2,1-5H3/t18-,19-,20+,21-,23-/m1/s1. The summed E-state index contributed by atoms with van der Waals surface area (Å²) in [4.78, 5) is 0. The Balaban J connectivity index is 1.97. The molecule has 2 heterocycles. The van der Waals surface area contributed by atoms with Crippen molar-refractivity contribution in [3.63, 3.8) is 0 Å². The van der Waals surface area contributed by atoms with E-state index in [4.69, 9.17) is 14.2 Å². The molecule has 0 radical (unpaired) electrons. The van der Waals surface area contributed by atoms with Crippen LogP contribution in [-0.2, 0) is 11.2 Å². The minimum absolute atomic E-state index is 0.0302. The third-order valence-electron chi connectivity index (χ3n) is 5.66. The van der Waals surface area contributed by atoms with Gasteiger partial charge in [0.25, 0.3) is 0 Å². The molecule has 5 N–H and O–H groups in total. The first-order valence-corrected chi connectivity index (χ1v) is 11.1. The van der Waals surface area contributed by atoms with E-state index in [9.17, 15) is 29.9 Å². The van der Waals surface area contributed by atoms with Gasteiger partial charge in [0.1, 0.15) is 29.9 Å². The van der Waals surface area contributed by atoms with E-state index in [0.29, 0.717) is 22.6 Å². The Bertz CT molecular complexity index is 996. The number of hydrogen-bond donors (Lipinski definition) is 5. The third-order valence-corrected chi connectivity index (χ3v) is 5.66. The van der Waals surface area contributed by atoms with Crippen molar-refractivity contribution in [2.45, 2.75) is 83.6 Å². The Kier molecular flexibility index (Phi) is 7.85. The van der Waals surface area contributed by atoms with Gasteiger partial charge in [-0.05, 0) is 46.2 Å². The van der Waals surface area contributed by atoms with Gasteiger partial charge in [0.05, 0.1) is 12.7 Å². The van der Waals surface area contributed by atoms with Gasteiger partial charge >= 0.3 is 5.97 Å². The normalized spacial score (nSPS) is 27.4. The van der Waals surface area contributed by atoms with Gasteiger partial charge in [-0.25, -0.2) is 4.39 Å². The molecule has 1 aromatic heterocycles. The largest absolute Gasteiger partial charge is 0.491 e. The zero-order chi connectivity index (χ0) is 25.4. The lowest BCUT2D eigenvalue weighted by Gasteiger charge is -2.43. The SMILES string of the molecule is Cc1c(Cc2ccc(OC(C)C)cc2F)c(O[C@]2(O)O[C@H](CO)[C@@H](O)[C@H](O)[C@H]2O)nn1C(C)C. The molecule has 0 aliphatic carbocycles. The number of halogens is 1. The van der Waals surface area contributed by atoms with Gasteiger partial charge in [-0.3, -0.25) is 4.68 Å². The molecule has 10 nitrogen and oxygen atoms in total. The Hall–Kier alpha value is -2.28. The monoisotopic (exact) mass is 484 g/mol. The van der Waals surface area contributed by atoms with E-state index in [2.05, 4.69) is 5.10 Å². The molecule has 0 bridgehead atoms. The van der Waals surface area contributed by atoms with E-state index in [1.54, 1.807) is 23.7 Å². The highest BCUT2D eigenvalue weighted by molar-refractivity contribution is 5.39. The molecule has 5 atom stereocenters. The first-order valence-electron chi connectivity index (χ1n) is 11.1. The topological polar surface area (TPSA) is 147 Å². The fourth-order valence-corrected chi connectivity index (χ4v) is 3.87. The van der Waals surface area contributed by atoms with Crippen LogP contribution < -0.4 is 9.47 Å². The van der Waals surface area contributed by atoms with Crippen LogP contribution in [0.25, 0.3) is 0 Å². The average molecular weight is 485 g/mol. The molecule has 0 unspecified atom stereocenters. The van der Waals surface area contributed by atoms with E-state index >= 15 is 0 Å². The molecule has 1 aromatic carbocycles. The van der Waals surface area contributed by atoms with Gasteiger partial charge < -0.3 is 39.7 Å². The van der Waals surface area contributed by atoms with Crippen molar-refractivity contribution in [3.05, 3.63) is 40.8 Å².